The zero-order valence-electron chi connectivity index (χ0n) is 22.5. The van der Waals surface area contributed by atoms with Crippen molar-refractivity contribution >= 4 is 7.82 Å². The van der Waals surface area contributed by atoms with Crippen LogP contribution in [0.1, 0.15) is 96.8 Å². The zero-order chi connectivity index (χ0) is 25.5. The van der Waals surface area contributed by atoms with Gasteiger partial charge in [-0.05, 0) is 19.3 Å². The van der Waals surface area contributed by atoms with Gasteiger partial charge < -0.3 is 28.3 Å². The molecular weight excluding hydrogens is 453 g/mol. The van der Waals surface area contributed by atoms with Gasteiger partial charge in [-0.3, -0.25) is 4.57 Å². The molecule has 0 radical (unpaired) electrons. The van der Waals surface area contributed by atoms with Crippen molar-refractivity contribution in [3.05, 3.63) is 12.2 Å². The van der Waals surface area contributed by atoms with E-state index in [4.69, 9.17) is 13.8 Å². The Hall–Kier alpha value is -0.270. The first-order chi connectivity index (χ1) is 16.2. The minimum Gasteiger partial charge on any atom is -0.756 e. The molecule has 0 aromatic carbocycles. The lowest BCUT2D eigenvalue weighted by atomic mass is 10.0. The molecule has 0 heterocycles. The van der Waals surface area contributed by atoms with Gasteiger partial charge in [0, 0.05) is 0 Å². The summed E-state index contributed by atoms with van der Waals surface area (Å²) >= 11 is 0. The summed E-state index contributed by atoms with van der Waals surface area (Å²) in [7, 11) is 1.42. The number of aliphatic hydroxyl groups is 1. The molecule has 0 rings (SSSR count). The summed E-state index contributed by atoms with van der Waals surface area (Å²) in [6, 6.07) is 0. The SMILES string of the molecule is CCCCCCCCCCCCCCC=CCCOC[C@@H](O)COP(=O)([O-])OCC[N+](C)(C)C. The van der Waals surface area contributed by atoms with Gasteiger partial charge in [-0.1, -0.05) is 89.7 Å². The highest BCUT2D eigenvalue weighted by Gasteiger charge is 2.15. The van der Waals surface area contributed by atoms with Crippen molar-refractivity contribution in [1.82, 2.24) is 0 Å². The number of likely N-dealkylation sites (N-methyl/N-ethyl adjacent to an activating group) is 1. The van der Waals surface area contributed by atoms with Crippen LogP contribution in [0.2, 0.25) is 0 Å². The van der Waals surface area contributed by atoms with E-state index in [0.717, 1.165) is 12.8 Å². The summed E-state index contributed by atoms with van der Waals surface area (Å²) in [6.07, 6.45) is 21.5. The molecule has 7 nitrogen and oxygen atoms in total. The van der Waals surface area contributed by atoms with E-state index in [-0.39, 0.29) is 19.8 Å². The summed E-state index contributed by atoms with van der Waals surface area (Å²) in [6.45, 7) is 3.00. The average molecular weight is 508 g/mol. The molecule has 0 saturated heterocycles. The number of quaternary nitrogens is 1. The first kappa shape index (κ1) is 33.7. The molecule has 1 unspecified atom stereocenters. The van der Waals surface area contributed by atoms with E-state index < -0.39 is 13.9 Å². The van der Waals surface area contributed by atoms with Crippen molar-refractivity contribution in [2.75, 3.05) is 54.1 Å². The molecule has 204 valence electrons. The van der Waals surface area contributed by atoms with Crippen LogP contribution in [0.3, 0.4) is 0 Å². The van der Waals surface area contributed by atoms with Gasteiger partial charge in [-0.25, -0.2) is 0 Å². The van der Waals surface area contributed by atoms with Gasteiger partial charge in [0.1, 0.15) is 19.3 Å². The minimum absolute atomic E-state index is 0.0332. The van der Waals surface area contributed by atoms with Crippen molar-refractivity contribution in [2.45, 2.75) is 103 Å². The van der Waals surface area contributed by atoms with Crippen molar-refractivity contribution in [3.63, 3.8) is 0 Å². The Kier molecular flexibility index (Phi) is 21.8. The Bertz CT molecular complexity index is 524. The maximum absolute atomic E-state index is 11.7. The number of rotatable bonds is 25. The highest BCUT2D eigenvalue weighted by atomic mass is 31.2. The van der Waals surface area contributed by atoms with Crippen LogP contribution in [0.5, 0.6) is 0 Å². The molecule has 0 aromatic heterocycles. The first-order valence-electron chi connectivity index (χ1n) is 13.5. The Morgan fingerprint density at radius 2 is 1.32 bits per heavy atom. The Morgan fingerprint density at radius 1 is 0.794 bits per heavy atom. The number of phosphoric ester groups is 1. The van der Waals surface area contributed by atoms with E-state index in [1.807, 2.05) is 21.1 Å². The summed E-state index contributed by atoms with van der Waals surface area (Å²) in [5.41, 5.74) is 0. The number of hydrogen-bond acceptors (Lipinski definition) is 6. The van der Waals surface area contributed by atoms with Crippen molar-refractivity contribution in [2.24, 2.45) is 0 Å². The fourth-order valence-electron chi connectivity index (χ4n) is 3.40. The second-order valence-corrected chi connectivity index (χ2v) is 11.7. The Balaban J connectivity index is 3.46. The Labute approximate surface area is 210 Å². The minimum atomic E-state index is -4.40. The van der Waals surface area contributed by atoms with Gasteiger partial charge in [-0.15, -0.1) is 0 Å². The molecule has 0 bridgehead atoms. The monoisotopic (exact) mass is 507 g/mol. The van der Waals surface area contributed by atoms with Gasteiger partial charge >= 0.3 is 0 Å². The van der Waals surface area contributed by atoms with Crippen molar-refractivity contribution in [1.29, 1.82) is 0 Å². The third-order valence-electron chi connectivity index (χ3n) is 5.57. The van der Waals surface area contributed by atoms with E-state index in [2.05, 4.69) is 19.1 Å². The molecule has 34 heavy (non-hydrogen) atoms. The number of hydrogen-bond donors (Lipinski definition) is 1. The van der Waals surface area contributed by atoms with E-state index in [0.29, 0.717) is 17.6 Å². The van der Waals surface area contributed by atoms with E-state index >= 15 is 0 Å². The molecule has 0 saturated carbocycles. The summed E-state index contributed by atoms with van der Waals surface area (Å²) in [5, 5.41) is 9.82. The van der Waals surface area contributed by atoms with Gasteiger partial charge in [0.25, 0.3) is 7.82 Å². The number of nitrogens with zero attached hydrogens (tertiary/aromatic N) is 1. The first-order valence-corrected chi connectivity index (χ1v) is 14.9. The second kappa shape index (κ2) is 22.0. The largest absolute Gasteiger partial charge is 0.756 e. The number of aliphatic hydroxyl groups excluding tert-OH is 1. The van der Waals surface area contributed by atoms with Gasteiger partial charge in [0.2, 0.25) is 0 Å². The van der Waals surface area contributed by atoms with E-state index in [1.165, 1.54) is 77.0 Å². The van der Waals surface area contributed by atoms with Crippen LogP contribution in [-0.4, -0.2) is 69.8 Å². The normalized spacial score (nSPS) is 15.1. The quantitative estimate of drug-likeness (QED) is 0.0748. The molecule has 1 N–H and O–H groups in total. The van der Waals surface area contributed by atoms with Gasteiger partial charge in [0.15, 0.2) is 0 Å². The Morgan fingerprint density at radius 3 is 1.88 bits per heavy atom. The number of unbranched alkanes of at least 4 members (excludes halogenated alkanes) is 12. The molecule has 0 aliphatic carbocycles. The molecule has 0 spiro atoms. The van der Waals surface area contributed by atoms with E-state index in [1.54, 1.807) is 0 Å². The topological polar surface area (TPSA) is 88.0 Å². The maximum Gasteiger partial charge on any atom is 0.268 e. The van der Waals surface area contributed by atoms with Crippen LogP contribution in [-0.2, 0) is 18.3 Å². The van der Waals surface area contributed by atoms with E-state index in [9.17, 15) is 14.6 Å². The molecule has 8 heteroatoms. The van der Waals surface area contributed by atoms with Crippen LogP contribution in [0.15, 0.2) is 12.2 Å². The predicted molar refractivity (Wildman–Crippen MR) is 139 cm³/mol. The van der Waals surface area contributed by atoms with Gasteiger partial charge in [0.05, 0.1) is 41.0 Å². The second-order valence-electron chi connectivity index (χ2n) is 10.3. The smallest absolute Gasteiger partial charge is 0.268 e. The lowest BCUT2D eigenvalue weighted by molar-refractivity contribution is -0.870. The van der Waals surface area contributed by atoms with Crippen LogP contribution >= 0.6 is 7.82 Å². The lowest BCUT2D eigenvalue weighted by Crippen LogP contribution is -2.37. The summed E-state index contributed by atoms with van der Waals surface area (Å²) in [5.74, 6) is 0. The van der Waals surface area contributed by atoms with Crippen LogP contribution in [0.25, 0.3) is 0 Å². The molecule has 0 amide bonds. The fraction of sp³-hybridized carbons (Fsp3) is 0.923. The third-order valence-corrected chi connectivity index (χ3v) is 6.53. The van der Waals surface area contributed by atoms with Crippen molar-refractivity contribution < 1.29 is 32.8 Å². The van der Waals surface area contributed by atoms with Crippen LogP contribution in [0, 0.1) is 0 Å². The third kappa shape index (κ3) is 26.3. The highest BCUT2D eigenvalue weighted by molar-refractivity contribution is 7.45. The summed E-state index contributed by atoms with van der Waals surface area (Å²) < 4.78 is 27.2. The lowest BCUT2D eigenvalue weighted by Gasteiger charge is -2.27. The van der Waals surface area contributed by atoms with Crippen LogP contribution in [0.4, 0.5) is 0 Å². The highest BCUT2D eigenvalue weighted by Crippen LogP contribution is 2.38. The molecular formula is C26H54NO6P. The van der Waals surface area contributed by atoms with Crippen molar-refractivity contribution in [3.8, 4) is 0 Å². The predicted octanol–water partition coefficient (Wildman–Crippen LogP) is 5.61. The number of allylic oxidation sites excluding steroid dienone is 1. The molecule has 0 fully saturated rings. The number of phosphoric acid groups is 1. The molecule has 2 atom stereocenters. The fourth-order valence-corrected chi connectivity index (χ4v) is 4.13. The zero-order valence-corrected chi connectivity index (χ0v) is 23.4. The summed E-state index contributed by atoms with van der Waals surface area (Å²) in [4.78, 5) is 11.7. The molecule has 0 aliphatic heterocycles. The van der Waals surface area contributed by atoms with Gasteiger partial charge in [-0.2, -0.15) is 0 Å². The maximum atomic E-state index is 11.7. The standard InChI is InChI=1S/C26H54NO6P/c1-5-6-7-8-9-10-11-12-13-14-15-16-17-18-19-20-22-31-24-26(28)25-33-34(29,30)32-23-21-27(2,3)4/h18-19,26,28H,5-17,20-25H2,1-4H3/t26-/m1/s1. The molecule has 0 aliphatic rings. The van der Waals surface area contributed by atoms with Crippen LogP contribution < -0.4 is 4.89 Å². The number of ether oxygens (including phenoxy) is 1. The molecule has 0 aromatic rings. The average Bonchev–Trinajstić information content (AvgIpc) is 2.76.